The number of carbonyl (C=O) groups is 1. The molecule has 0 aromatic rings. The second kappa shape index (κ2) is 37.7. The number of allylic oxidation sites excluding steroid dienone is 12. The van der Waals surface area contributed by atoms with Gasteiger partial charge in [-0.25, -0.2) is 4.57 Å². The molecule has 0 aliphatic heterocycles. The highest BCUT2D eigenvalue weighted by molar-refractivity contribution is 7.47. The molecule has 0 bridgehead atoms. The number of esters is 1. The number of aliphatic hydroxyl groups excluding tert-OH is 2. The molecular formula is C41H71O9P. The smallest absolute Gasteiger partial charge is 0.457 e. The number of hydrogen-bond donors (Lipinski definition) is 3. The van der Waals surface area contributed by atoms with Crippen LogP contribution in [0.5, 0.6) is 0 Å². The van der Waals surface area contributed by atoms with Crippen LogP contribution in [-0.2, 0) is 27.9 Å². The lowest BCUT2D eigenvalue weighted by atomic mass is 10.1. The Morgan fingerprint density at radius 2 is 1.12 bits per heavy atom. The molecule has 0 aromatic heterocycles. The highest BCUT2D eigenvalue weighted by Crippen LogP contribution is 2.43. The number of hydrogen-bond acceptors (Lipinski definition) is 8. The molecule has 0 aliphatic carbocycles. The van der Waals surface area contributed by atoms with E-state index in [4.69, 9.17) is 23.6 Å². The number of carbonyl (C=O) groups excluding carboxylic acids is 1. The van der Waals surface area contributed by atoms with Crippen molar-refractivity contribution in [3.05, 3.63) is 72.9 Å². The van der Waals surface area contributed by atoms with Gasteiger partial charge in [0.15, 0.2) is 0 Å². The number of ether oxygens (including phenoxy) is 2. The molecule has 0 saturated heterocycles. The van der Waals surface area contributed by atoms with E-state index in [0.29, 0.717) is 13.0 Å². The van der Waals surface area contributed by atoms with Gasteiger partial charge >= 0.3 is 13.8 Å². The Hall–Kier alpha value is -2.10. The molecule has 0 heterocycles. The summed E-state index contributed by atoms with van der Waals surface area (Å²) >= 11 is 0. The monoisotopic (exact) mass is 738 g/mol. The number of phosphoric ester groups is 1. The minimum absolute atomic E-state index is 0.0283. The molecule has 294 valence electrons. The Kier molecular flexibility index (Phi) is 36.1. The van der Waals surface area contributed by atoms with Gasteiger partial charge < -0.3 is 24.6 Å². The van der Waals surface area contributed by atoms with Crippen molar-refractivity contribution in [2.45, 2.75) is 148 Å². The van der Waals surface area contributed by atoms with E-state index in [1.807, 2.05) is 0 Å². The average molecular weight is 739 g/mol. The van der Waals surface area contributed by atoms with Crippen molar-refractivity contribution in [3.8, 4) is 0 Å². The standard InChI is InChI=1S/C41H71O9P/c1-3-5-7-9-11-13-14-15-16-17-18-19-20-21-22-23-24-25-27-29-31-33-41(44)50-40(38-49-51(45,46)48-36-39(43)35-42)37-47-34-32-30-28-26-12-10-8-6-4-2/h5,7,11,13,15-16,18-19,21-22,24-25,39-40,42-43H,3-4,6,8-10,12,14,17,20,23,26-38H2,1-2H3,(H,45,46)/b7-5-,13-11-,16-15-,19-18-,22-21-,25-24-. The summed E-state index contributed by atoms with van der Waals surface area (Å²) < 4.78 is 33.1. The Morgan fingerprint density at radius 1 is 0.627 bits per heavy atom. The van der Waals surface area contributed by atoms with Gasteiger partial charge in [0.2, 0.25) is 0 Å². The fourth-order valence-electron chi connectivity index (χ4n) is 4.71. The summed E-state index contributed by atoms with van der Waals surface area (Å²) in [6.07, 6.45) is 43.0. The third-order valence-electron chi connectivity index (χ3n) is 7.66. The van der Waals surface area contributed by atoms with Gasteiger partial charge in [-0.05, 0) is 64.2 Å². The summed E-state index contributed by atoms with van der Waals surface area (Å²) in [5.41, 5.74) is 0. The zero-order valence-corrected chi connectivity index (χ0v) is 32.7. The first-order valence-electron chi connectivity index (χ1n) is 19.4. The van der Waals surface area contributed by atoms with E-state index in [-0.39, 0.29) is 13.0 Å². The molecule has 3 unspecified atom stereocenters. The Bertz CT molecular complexity index is 1020. The lowest BCUT2D eigenvalue weighted by Crippen LogP contribution is -2.29. The Labute approximate surface area is 310 Å². The van der Waals surface area contributed by atoms with Gasteiger partial charge in [-0.2, -0.15) is 0 Å². The molecule has 0 radical (unpaired) electrons. The first kappa shape index (κ1) is 48.9. The third-order valence-corrected chi connectivity index (χ3v) is 8.61. The van der Waals surface area contributed by atoms with Crippen LogP contribution in [0.2, 0.25) is 0 Å². The fraction of sp³-hybridized carbons (Fsp3) is 0.683. The van der Waals surface area contributed by atoms with Crippen LogP contribution in [0.3, 0.4) is 0 Å². The highest BCUT2D eigenvalue weighted by atomic mass is 31.2. The highest BCUT2D eigenvalue weighted by Gasteiger charge is 2.26. The van der Waals surface area contributed by atoms with Crippen LogP contribution in [0, 0.1) is 0 Å². The van der Waals surface area contributed by atoms with Crippen LogP contribution >= 0.6 is 7.82 Å². The van der Waals surface area contributed by atoms with Crippen LogP contribution in [0.1, 0.15) is 136 Å². The summed E-state index contributed by atoms with van der Waals surface area (Å²) in [5, 5.41) is 18.3. The summed E-state index contributed by atoms with van der Waals surface area (Å²) in [4.78, 5) is 22.4. The van der Waals surface area contributed by atoms with Crippen LogP contribution in [0.4, 0.5) is 0 Å². The molecule has 9 nitrogen and oxygen atoms in total. The van der Waals surface area contributed by atoms with Crippen molar-refractivity contribution < 1.29 is 43.0 Å². The number of rotatable bonds is 36. The zero-order chi connectivity index (χ0) is 37.5. The van der Waals surface area contributed by atoms with Crippen LogP contribution < -0.4 is 0 Å². The molecule has 0 aliphatic rings. The van der Waals surface area contributed by atoms with Gasteiger partial charge in [0.25, 0.3) is 0 Å². The first-order valence-corrected chi connectivity index (χ1v) is 20.9. The van der Waals surface area contributed by atoms with Gasteiger partial charge in [0.05, 0.1) is 26.4 Å². The Balaban J connectivity index is 4.29. The van der Waals surface area contributed by atoms with Crippen molar-refractivity contribution in [1.29, 1.82) is 0 Å². The maximum Gasteiger partial charge on any atom is 0.472 e. The van der Waals surface area contributed by atoms with Gasteiger partial charge in [-0.3, -0.25) is 13.8 Å². The molecule has 0 rings (SSSR count). The SMILES string of the molecule is CC/C=C\C/C=C\C/C=C\C/C=C\C/C=C\C/C=C\CCCCC(=O)OC(COCCCCCCCCCCC)COP(=O)(O)OCC(O)CO. The summed E-state index contributed by atoms with van der Waals surface area (Å²) in [7, 11) is -4.52. The van der Waals surface area contributed by atoms with Crippen molar-refractivity contribution in [3.63, 3.8) is 0 Å². The van der Waals surface area contributed by atoms with E-state index in [1.54, 1.807) is 0 Å². The Morgan fingerprint density at radius 3 is 1.65 bits per heavy atom. The minimum Gasteiger partial charge on any atom is -0.457 e. The third kappa shape index (κ3) is 37.5. The van der Waals surface area contributed by atoms with Gasteiger partial charge in [-0.15, -0.1) is 0 Å². The van der Waals surface area contributed by atoms with E-state index in [0.717, 1.165) is 70.6 Å². The number of phosphoric acid groups is 1. The van der Waals surface area contributed by atoms with Crippen LogP contribution in [0.25, 0.3) is 0 Å². The van der Waals surface area contributed by atoms with Crippen molar-refractivity contribution >= 4 is 13.8 Å². The predicted molar refractivity (Wildman–Crippen MR) is 209 cm³/mol. The van der Waals surface area contributed by atoms with E-state index < -0.39 is 45.8 Å². The lowest BCUT2D eigenvalue weighted by molar-refractivity contribution is -0.154. The second-order valence-electron chi connectivity index (χ2n) is 12.6. The summed E-state index contributed by atoms with van der Waals surface area (Å²) in [6.45, 7) is 3.30. The van der Waals surface area contributed by atoms with Crippen LogP contribution in [-0.4, -0.2) is 66.3 Å². The zero-order valence-electron chi connectivity index (χ0n) is 31.8. The fourth-order valence-corrected chi connectivity index (χ4v) is 5.50. The summed E-state index contributed by atoms with van der Waals surface area (Å²) in [5.74, 6) is -0.428. The van der Waals surface area contributed by atoms with Crippen molar-refractivity contribution in [2.24, 2.45) is 0 Å². The molecule has 0 fully saturated rings. The van der Waals surface area contributed by atoms with E-state index >= 15 is 0 Å². The maximum absolute atomic E-state index is 12.5. The second-order valence-corrected chi connectivity index (χ2v) is 14.0. The topological polar surface area (TPSA) is 132 Å². The van der Waals surface area contributed by atoms with Gasteiger partial charge in [0.1, 0.15) is 12.2 Å². The molecule has 0 amide bonds. The van der Waals surface area contributed by atoms with Gasteiger partial charge in [0, 0.05) is 13.0 Å². The van der Waals surface area contributed by atoms with Crippen LogP contribution in [0.15, 0.2) is 72.9 Å². The van der Waals surface area contributed by atoms with E-state index in [9.17, 15) is 19.4 Å². The van der Waals surface area contributed by atoms with Crippen molar-refractivity contribution in [2.75, 3.05) is 33.0 Å². The summed E-state index contributed by atoms with van der Waals surface area (Å²) in [6, 6.07) is 0. The van der Waals surface area contributed by atoms with E-state index in [1.165, 1.54) is 38.5 Å². The molecule has 0 spiro atoms. The molecule has 0 aromatic carbocycles. The molecular weight excluding hydrogens is 667 g/mol. The molecule has 3 N–H and O–H groups in total. The maximum atomic E-state index is 12.5. The minimum atomic E-state index is -4.52. The largest absolute Gasteiger partial charge is 0.472 e. The average Bonchev–Trinajstić information content (AvgIpc) is 3.12. The quantitative estimate of drug-likeness (QED) is 0.0249. The molecule has 51 heavy (non-hydrogen) atoms. The predicted octanol–water partition coefficient (Wildman–Crippen LogP) is 10.2. The lowest BCUT2D eigenvalue weighted by Gasteiger charge is -2.20. The number of aliphatic hydroxyl groups is 2. The van der Waals surface area contributed by atoms with Gasteiger partial charge in [-0.1, -0.05) is 138 Å². The number of unbranched alkanes of at least 4 members (excludes halogenated alkanes) is 10. The molecule has 3 atom stereocenters. The van der Waals surface area contributed by atoms with Crippen molar-refractivity contribution in [1.82, 2.24) is 0 Å². The van der Waals surface area contributed by atoms with E-state index in [2.05, 4.69) is 86.8 Å². The molecule has 10 heteroatoms. The normalized spacial score (nSPS) is 15.0. The molecule has 0 saturated carbocycles. The first-order chi connectivity index (χ1) is 24.8.